The van der Waals surface area contributed by atoms with Crippen LogP contribution >= 0.6 is 34.7 Å². The number of aryl methyl sites for hydroxylation is 1. The smallest absolute Gasteiger partial charge is 0.282 e. The lowest BCUT2D eigenvalue weighted by molar-refractivity contribution is -0.114. The molecule has 1 aromatic carbocycles. The van der Waals surface area contributed by atoms with Crippen molar-refractivity contribution in [1.29, 1.82) is 5.41 Å². The van der Waals surface area contributed by atoms with E-state index in [4.69, 9.17) is 17.0 Å². The number of nitrogens with zero attached hydrogens (tertiary/aromatic N) is 5. The number of aromatic nitrogens is 2. The second-order valence-electron chi connectivity index (χ2n) is 6.44. The van der Waals surface area contributed by atoms with Crippen LogP contribution in [-0.2, 0) is 4.79 Å². The minimum atomic E-state index is -0.496. The highest BCUT2D eigenvalue weighted by Crippen LogP contribution is 2.33. The number of halogens is 1. The van der Waals surface area contributed by atoms with Gasteiger partial charge < -0.3 is 0 Å². The molecule has 30 heavy (non-hydrogen) atoms. The molecule has 0 unspecified atom stereocenters. The summed E-state index contributed by atoms with van der Waals surface area (Å²) in [6.07, 6.45) is 1.57. The minimum absolute atomic E-state index is 0.0352. The Labute approximate surface area is 184 Å². The molecule has 0 spiro atoms. The van der Waals surface area contributed by atoms with Gasteiger partial charge in [-0.1, -0.05) is 35.9 Å². The maximum Gasteiger partial charge on any atom is 0.283 e. The Balaban J connectivity index is 1.54. The van der Waals surface area contributed by atoms with Crippen molar-refractivity contribution < 1.29 is 4.79 Å². The van der Waals surface area contributed by atoms with Gasteiger partial charge in [-0.3, -0.25) is 10.2 Å². The summed E-state index contributed by atoms with van der Waals surface area (Å²) >= 11 is 9.40. The van der Waals surface area contributed by atoms with Crippen LogP contribution in [0.1, 0.15) is 16.1 Å². The number of amides is 1. The maximum atomic E-state index is 12.7. The molecule has 0 saturated heterocycles. The van der Waals surface area contributed by atoms with Gasteiger partial charge in [0.2, 0.25) is 5.17 Å². The SMILES string of the molecule is Cc1nn(-c2ccccc2)c(Cl)c1/C=C1/C(=N)N2N=C(c3cccs3)SC2=NC1=O. The fraction of sp³-hybridized carbons (Fsp3) is 0.0500. The second-order valence-corrected chi connectivity index (χ2v) is 8.70. The van der Waals surface area contributed by atoms with E-state index in [1.807, 2.05) is 54.8 Å². The average Bonchev–Trinajstić information content (AvgIpc) is 3.46. The third kappa shape index (κ3) is 3.11. The van der Waals surface area contributed by atoms with E-state index in [-0.39, 0.29) is 11.4 Å². The fourth-order valence-corrected chi connectivity index (χ4v) is 5.06. The summed E-state index contributed by atoms with van der Waals surface area (Å²) < 4.78 is 1.60. The van der Waals surface area contributed by atoms with Crippen LogP contribution in [0.2, 0.25) is 5.15 Å². The Hall–Kier alpha value is -3.01. The monoisotopic (exact) mass is 452 g/mol. The number of carbonyl (C=O) groups is 1. The summed E-state index contributed by atoms with van der Waals surface area (Å²) in [4.78, 5) is 17.8. The van der Waals surface area contributed by atoms with E-state index in [2.05, 4.69) is 15.2 Å². The first kappa shape index (κ1) is 19.0. The third-order valence-corrected chi connectivity index (χ3v) is 6.84. The van der Waals surface area contributed by atoms with Crippen LogP contribution in [0.15, 0.2) is 63.5 Å². The van der Waals surface area contributed by atoms with E-state index in [0.29, 0.717) is 26.6 Å². The van der Waals surface area contributed by atoms with Gasteiger partial charge in [-0.2, -0.15) is 20.2 Å². The molecule has 7 nitrogen and oxygen atoms in total. The molecular formula is C20H13ClN6OS2. The number of benzene rings is 1. The number of thioether (sulfide) groups is 1. The van der Waals surface area contributed by atoms with E-state index in [9.17, 15) is 4.79 Å². The number of aliphatic imine (C=N–C) groups is 1. The first-order valence-electron chi connectivity index (χ1n) is 8.87. The molecule has 2 aliphatic heterocycles. The van der Waals surface area contributed by atoms with Gasteiger partial charge in [-0.15, -0.1) is 11.3 Å². The van der Waals surface area contributed by atoms with Gasteiger partial charge in [0.25, 0.3) is 5.91 Å². The molecule has 1 N–H and O–H groups in total. The maximum absolute atomic E-state index is 12.7. The van der Waals surface area contributed by atoms with Crippen LogP contribution < -0.4 is 0 Å². The highest BCUT2D eigenvalue weighted by molar-refractivity contribution is 8.27. The van der Waals surface area contributed by atoms with Gasteiger partial charge in [0, 0.05) is 5.56 Å². The number of nitrogens with one attached hydrogen (secondary N) is 1. The molecule has 10 heteroatoms. The lowest BCUT2D eigenvalue weighted by Crippen LogP contribution is -2.35. The van der Waals surface area contributed by atoms with Crippen LogP contribution in [-0.4, -0.2) is 36.7 Å². The van der Waals surface area contributed by atoms with E-state index in [0.717, 1.165) is 10.6 Å². The number of hydrogen-bond donors (Lipinski definition) is 1. The van der Waals surface area contributed by atoms with Gasteiger partial charge in [0.05, 0.1) is 21.8 Å². The molecule has 0 aliphatic carbocycles. The molecule has 1 amide bonds. The summed E-state index contributed by atoms with van der Waals surface area (Å²) in [5.41, 5.74) is 2.14. The van der Waals surface area contributed by atoms with E-state index >= 15 is 0 Å². The summed E-state index contributed by atoms with van der Waals surface area (Å²) in [6, 6.07) is 13.4. The van der Waals surface area contributed by atoms with Crippen LogP contribution in [0.3, 0.4) is 0 Å². The molecule has 3 aromatic rings. The van der Waals surface area contributed by atoms with Crippen LogP contribution in [0.4, 0.5) is 0 Å². The zero-order chi connectivity index (χ0) is 20.8. The predicted octanol–water partition coefficient (Wildman–Crippen LogP) is 4.56. The topological polar surface area (TPSA) is 86.7 Å². The quantitative estimate of drug-likeness (QED) is 0.590. The van der Waals surface area contributed by atoms with E-state index < -0.39 is 5.91 Å². The molecule has 0 atom stereocenters. The number of hydrazone groups is 1. The molecule has 2 aliphatic rings. The molecule has 0 fully saturated rings. The van der Waals surface area contributed by atoms with Crippen molar-refractivity contribution in [2.75, 3.05) is 0 Å². The van der Waals surface area contributed by atoms with Gasteiger partial charge in [-0.25, -0.2) is 4.68 Å². The Bertz CT molecular complexity index is 1270. The molecular weight excluding hydrogens is 440 g/mol. The Morgan fingerprint density at radius 3 is 2.70 bits per heavy atom. The lowest BCUT2D eigenvalue weighted by Gasteiger charge is -2.20. The fourth-order valence-electron chi connectivity index (χ4n) is 3.05. The average molecular weight is 453 g/mol. The van der Waals surface area contributed by atoms with E-state index in [1.165, 1.54) is 16.8 Å². The van der Waals surface area contributed by atoms with Crippen LogP contribution in [0.5, 0.6) is 0 Å². The number of fused-ring (bicyclic) bond motifs is 1. The second kappa shape index (κ2) is 7.35. The van der Waals surface area contributed by atoms with Gasteiger partial charge in [-0.05, 0) is 48.3 Å². The lowest BCUT2D eigenvalue weighted by atomic mass is 10.1. The molecule has 2 aromatic heterocycles. The molecule has 0 radical (unpaired) electrons. The molecule has 0 bridgehead atoms. The normalized spacial score (nSPS) is 17.4. The number of thiophene rings is 1. The van der Waals surface area contributed by atoms with Crippen molar-refractivity contribution in [1.82, 2.24) is 14.8 Å². The van der Waals surface area contributed by atoms with E-state index in [1.54, 1.807) is 22.1 Å². The Morgan fingerprint density at radius 1 is 1.17 bits per heavy atom. The standard InChI is InChI=1S/C20H13ClN6OS2/c1-11-13(16(21)26(24-11)12-6-3-2-4-7-12)10-14-17(22)27-20(23-18(14)28)30-19(25-27)15-8-5-9-29-15/h2-10,22H,1H3/b14-10-,22-17?. The summed E-state index contributed by atoms with van der Waals surface area (Å²) in [7, 11) is 0. The van der Waals surface area contributed by atoms with Crippen molar-refractivity contribution in [2.45, 2.75) is 6.92 Å². The molecule has 148 valence electrons. The number of rotatable bonds is 3. The third-order valence-electron chi connectivity index (χ3n) is 4.52. The van der Waals surface area contributed by atoms with Gasteiger partial charge in [0.1, 0.15) is 10.2 Å². The summed E-state index contributed by atoms with van der Waals surface area (Å²) in [6.45, 7) is 1.81. The number of carbonyl (C=O) groups excluding carboxylic acids is 1. The van der Waals surface area contributed by atoms with Crippen molar-refractivity contribution in [2.24, 2.45) is 10.1 Å². The number of para-hydroxylation sites is 1. The summed E-state index contributed by atoms with van der Waals surface area (Å²) in [5.74, 6) is -0.531. The Morgan fingerprint density at radius 2 is 1.97 bits per heavy atom. The van der Waals surface area contributed by atoms with Crippen LogP contribution in [0, 0.1) is 12.3 Å². The Kier molecular flexibility index (Phi) is 4.65. The highest BCUT2D eigenvalue weighted by atomic mass is 35.5. The largest absolute Gasteiger partial charge is 0.283 e. The minimum Gasteiger partial charge on any atom is -0.282 e. The highest BCUT2D eigenvalue weighted by Gasteiger charge is 2.36. The number of amidine groups is 2. The van der Waals surface area contributed by atoms with Crippen molar-refractivity contribution in [3.05, 3.63) is 74.7 Å². The zero-order valence-electron chi connectivity index (χ0n) is 15.5. The predicted molar refractivity (Wildman–Crippen MR) is 122 cm³/mol. The molecule has 4 heterocycles. The first-order valence-corrected chi connectivity index (χ1v) is 10.9. The number of hydrogen-bond acceptors (Lipinski definition) is 6. The first-order chi connectivity index (χ1) is 14.5. The molecule has 5 rings (SSSR count). The summed E-state index contributed by atoms with van der Waals surface area (Å²) in [5, 5.41) is 22.3. The van der Waals surface area contributed by atoms with Gasteiger partial charge in [0.15, 0.2) is 5.84 Å². The zero-order valence-corrected chi connectivity index (χ0v) is 17.9. The van der Waals surface area contributed by atoms with Crippen LogP contribution in [0.25, 0.3) is 11.8 Å². The van der Waals surface area contributed by atoms with Gasteiger partial charge >= 0.3 is 0 Å². The van der Waals surface area contributed by atoms with Crippen molar-refractivity contribution in [3.63, 3.8) is 0 Å². The van der Waals surface area contributed by atoms with Crippen molar-refractivity contribution >= 4 is 62.7 Å². The molecule has 0 saturated carbocycles. The van der Waals surface area contributed by atoms with Crippen molar-refractivity contribution in [3.8, 4) is 5.69 Å².